The molecule has 1 aromatic rings. The van der Waals surface area contributed by atoms with Gasteiger partial charge in [-0.2, -0.15) is 0 Å². The van der Waals surface area contributed by atoms with Crippen LogP contribution in [-0.4, -0.2) is 19.3 Å². The normalized spacial score (nSPS) is 14.6. The Balaban J connectivity index is 2.83. The summed E-state index contributed by atoms with van der Waals surface area (Å²) in [5, 5.41) is 3.32. The molecule has 0 bridgehead atoms. The lowest BCUT2D eigenvalue weighted by Crippen LogP contribution is -2.39. The van der Waals surface area contributed by atoms with E-state index >= 15 is 0 Å². The van der Waals surface area contributed by atoms with Crippen molar-refractivity contribution in [1.29, 1.82) is 0 Å². The first-order valence-corrected chi connectivity index (χ1v) is 7.16. The summed E-state index contributed by atoms with van der Waals surface area (Å²) in [4.78, 5) is 0. The third-order valence-electron chi connectivity index (χ3n) is 3.51. The zero-order chi connectivity index (χ0) is 15.3. The van der Waals surface area contributed by atoms with Crippen LogP contribution in [0.4, 0.5) is 8.78 Å². The zero-order valence-corrected chi connectivity index (χ0v) is 13.0. The quantitative estimate of drug-likeness (QED) is 0.818. The lowest BCUT2D eigenvalue weighted by Gasteiger charge is -2.27. The van der Waals surface area contributed by atoms with E-state index in [4.69, 9.17) is 4.74 Å². The largest absolute Gasteiger partial charge is 0.380 e. The van der Waals surface area contributed by atoms with Crippen LogP contribution in [-0.2, 0) is 4.74 Å². The maximum atomic E-state index is 13.9. The molecular weight excluding hydrogens is 260 g/mol. The van der Waals surface area contributed by atoms with Crippen LogP contribution in [0.2, 0.25) is 0 Å². The number of ether oxygens (including phenoxy) is 1. The Hall–Kier alpha value is -1.00. The summed E-state index contributed by atoms with van der Waals surface area (Å²) in [7, 11) is 0. The topological polar surface area (TPSA) is 21.3 Å². The molecule has 1 N–H and O–H groups in total. The van der Waals surface area contributed by atoms with Crippen LogP contribution in [0.1, 0.15) is 44.9 Å². The lowest BCUT2D eigenvalue weighted by molar-refractivity contribution is 0.104. The molecule has 0 aliphatic rings. The van der Waals surface area contributed by atoms with Crippen molar-refractivity contribution in [1.82, 2.24) is 5.32 Å². The Morgan fingerprint density at radius 3 is 2.35 bits per heavy atom. The first-order chi connectivity index (χ1) is 9.36. The van der Waals surface area contributed by atoms with E-state index in [9.17, 15) is 8.78 Å². The van der Waals surface area contributed by atoms with Gasteiger partial charge in [-0.3, -0.25) is 0 Å². The standard InChI is InChI=1S/C16H25F2NO/c1-6-20-9-16(10(2)3)19-12(5)13-8-14(17)11(4)7-15(13)18/h7-8,10,12,16,19H,6,9H2,1-5H3. The van der Waals surface area contributed by atoms with Gasteiger partial charge >= 0.3 is 0 Å². The van der Waals surface area contributed by atoms with Crippen LogP contribution in [0.15, 0.2) is 12.1 Å². The van der Waals surface area contributed by atoms with Crippen molar-refractivity contribution < 1.29 is 13.5 Å². The van der Waals surface area contributed by atoms with Crippen LogP contribution in [0, 0.1) is 24.5 Å². The van der Waals surface area contributed by atoms with Crippen molar-refractivity contribution in [3.05, 3.63) is 34.9 Å². The van der Waals surface area contributed by atoms with Crippen LogP contribution in [0.25, 0.3) is 0 Å². The predicted octanol–water partition coefficient (Wildman–Crippen LogP) is 3.98. The summed E-state index contributed by atoms with van der Waals surface area (Å²) < 4.78 is 33.0. The number of aryl methyl sites for hydroxylation is 1. The van der Waals surface area contributed by atoms with Gasteiger partial charge in [-0.25, -0.2) is 8.78 Å². The Morgan fingerprint density at radius 1 is 1.15 bits per heavy atom. The van der Waals surface area contributed by atoms with Gasteiger partial charge < -0.3 is 10.1 Å². The second-order valence-corrected chi connectivity index (χ2v) is 5.52. The number of halogens is 2. The molecule has 2 atom stereocenters. The van der Waals surface area contributed by atoms with Crippen LogP contribution in [0.5, 0.6) is 0 Å². The fourth-order valence-corrected chi connectivity index (χ4v) is 2.08. The molecule has 0 aliphatic carbocycles. The molecular formula is C16H25F2NO. The van der Waals surface area contributed by atoms with E-state index < -0.39 is 0 Å². The Morgan fingerprint density at radius 2 is 1.80 bits per heavy atom. The minimum absolute atomic E-state index is 0.105. The molecule has 0 saturated heterocycles. The van der Waals surface area contributed by atoms with E-state index in [0.29, 0.717) is 30.3 Å². The van der Waals surface area contributed by atoms with Gasteiger partial charge in [0.1, 0.15) is 11.6 Å². The van der Waals surface area contributed by atoms with E-state index in [1.165, 1.54) is 12.1 Å². The van der Waals surface area contributed by atoms with Gasteiger partial charge in [0.25, 0.3) is 0 Å². The third kappa shape index (κ3) is 4.53. The Kier molecular flexibility index (Phi) is 6.56. The average Bonchev–Trinajstić information content (AvgIpc) is 2.38. The summed E-state index contributed by atoms with van der Waals surface area (Å²) in [6, 6.07) is 2.36. The smallest absolute Gasteiger partial charge is 0.128 e. The maximum Gasteiger partial charge on any atom is 0.128 e. The number of rotatable bonds is 7. The molecule has 0 fully saturated rings. The molecule has 4 heteroatoms. The second kappa shape index (κ2) is 7.70. The predicted molar refractivity (Wildman–Crippen MR) is 77.8 cm³/mol. The summed E-state index contributed by atoms with van der Waals surface area (Å²) in [5.74, 6) is -0.397. The molecule has 114 valence electrons. The van der Waals surface area contributed by atoms with Gasteiger partial charge in [0.05, 0.1) is 6.61 Å². The number of benzene rings is 1. The highest BCUT2D eigenvalue weighted by Gasteiger charge is 2.20. The average molecular weight is 285 g/mol. The number of hydrogen-bond donors (Lipinski definition) is 1. The van der Waals surface area contributed by atoms with Gasteiger partial charge in [0.2, 0.25) is 0 Å². The van der Waals surface area contributed by atoms with E-state index in [-0.39, 0.29) is 23.7 Å². The molecule has 0 spiro atoms. The molecule has 1 rings (SSSR count). The van der Waals surface area contributed by atoms with E-state index in [0.717, 1.165) is 0 Å². The van der Waals surface area contributed by atoms with Crippen molar-refractivity contribution in [3.63, 3.8) is 0 Å². The SMILES string of the molecule is CCOCC(NC(C)c1cc(F)c(C)cc1F)C(C)C. The third-order valence-corrected chi connectivity index (χ3v) is 3.51. The monoisotopic (exact) mass is 285 g/mol. The van der Waals surface area contributed by atoms with Crippen molar-refractivity contribution in [2.45, 2.75) is 46.7 Å². The maximum absolute atomic E-state index is 13.9. The zero-order valence-electron chi connectivity index (χ0n) is 13.0. The second-order valence-electron chi connectivity index (χ2n) is 5.52. The van der Waals surface area contributed by atoms with Crippen molar-refractivity contribution in [2.75, 3.05) is 13.2 Å². The van der Waals surface area contributed by atoms with Crippen LogP contribution < -0.4 is 5.32 Å². The summed E-state index contributed by atoms with van der Waals surface area (Å²) in [6.45, 7) is 10.7. The molecule has 2 nitrogen and oxygen atoms in total. The fourth-order valence-electron chi connectivity index (χ4n) is 2.08. The lowest BCUT2D eigenvalue weighted by atomic mass is 10.0. The molecule has 0 radical (unpaired) electrons. The van der Waals surface area contributed by atoms with Gasteiger partial charge in [-0.05, 0) is 44.4 Å². The Labute approximate surface area is 120 Å². The van der Waals surface area contributed by atoms with Crippen molar-refractivity contribution in [3.8, 4) is 0 Å². The molecule has 1 aromatic carbocycles. The molecule has 2 unspecified atom stereocenters. The van der Waals surface area contributed by atoms with E-state index in [1.807, 2.05) is 13.8 Å². The molecule has 20 heavy (non-hydrogen) atoms. The van der Waals surface area contributed by atoms with Crippen LogP contribution in [0.3, 0.4) is 0 Å². The van der Waals surface area contributed by atoms with E-state index in [1.54, 1.807) is 6.92 Å². The summed E-state index contributed by atoms with van der Waals surface area (Å²) >= 11 is 0. The van der Waals surface area contributed by atoms with Gasteiger partial charge in [0, 0.05) is 24.3 Å². The van der Waals surface area contributed by atoms with E-state index in [2.05, 4.69) is 19.2 Å². The fraction of sp³-hybridized carbons (Fsp3) is 0.625. The summed E-state index contributed by atoms with van der Waals surface area (Å²) in [5.41, 5.74) is 0.684. The molecule has 0 amide bonds. The first kappa shape index (κ1) is 17.1. The van der Waals surface area contributed by atoms with Gasteiger partial charge in [-0.1, -0.05) is 13.8 Å². The minimum atomic E-state index is -0.374. The molecule has 0 aliphatic heterocycles. The summed E-state index contributed by atoms with van der Waals surface area (Å²) in [6.07, 6.45) is 0. The minimum Gasteiger partial charge on any atom is -0.380 e. The highest BCUT2D eigenvalue weighted by Crippen LogP contribution is 2.22. The Bertz CT molecular complexity index is 435. The first-order valence-electron chi connectivity index (χ1n) is 7.16. The number of hydrogen-bond acceptors (Lipinski definition) is 2. The number of nitrogens with one attached hydrogen (secondary N) is 1. The van der Waals surface area contributed by atoms with Crippen molar-refractivity contribution in [2.24, 2.45) is 5.92 Å². The van der Waals surface area contributed by atoms with Gasteiger partial charge in [-0.15, -0.1) is 0 Å². The van der Waals surface area contributed by atoms with Crippen molar-refractivity contribution >= 4 is 0 Å². The highest BCUT2D eigenvalue weighted by atomic mass is 19.1. The van der Waals surface area contributed by atoms with Gasteiger partial charge in [0.15, 0.2) is 0 Å². The molecule has 0 saturated carbocycles. The highest BCUT2D eigenvalue weighted by molar-refractivity contribution is 5.27. The van der Waals surface area contributed by atoms with Crippen LogP contribution >= 0.6 is 0 Å². The molecule has 0 aromatic heterocycles. The molecule has 0 heterocycles.